The van der Waals surface area contributed by atoms with E-state index in [0.717, 1.165) is 39.4 Å². The first-order valence-corrected chi connectivity index (χ1v) is 17.3. The van der Waals surface area contributed by atoms with Crippen LogP contribution in [0.1, 0.15) is 0 Å². The second kappa shape index (κ2) is 12.2. The van der Waals surface area contributed by atoms with Gasteiger partial charge in [0.15, 0.2) is 7.14 Å². The number of rotatable bonds is 7. The van der Waals surface area contributed by atoms with Gasteiger partial charge in [-0.05, 0) is 84.9 Å². The number of hydrogen-bond acceptors (Lipinski definition) is 4. The van der Waals surface area contributed by atoms with Gasteiger partial charge in [-0.25, -0.2) is 0 Å². The predicted molar refractivity (Wildman–Crippen MR) is 195 cm³/mol. The zero-order valence-corrected chi connectivity index (χ0v) is 26.5. The molecule has 0 atom stereocenters. The molecule has 7 aromatic carbocycles. The number of anilines is 6. The Bertz CT molecular complexity index is 1980. The quantitative estimate of drug-likeness (QED) is 0.165. The van der Waals surface area contributed by atoms with Gasteiger partial charge in [0.1, 0.15) is 11.5 Å². The van der Waals surface area contributed by atoms with Gasteiger partial charge in [-0.2, -0.15) is 0 Å². The van der Waals surface area contributed by atoms with Gasteiger partial charge in [-0.15, -0.1) is 0 Å². The van der Waals surface area contributed by atoms with Crippen molar-refractivity contribution in [2.45, 2.75) is 0 Å². The molecule has 226 valence electrons. The molecule has 0 N–H and O–H groups in total. The van der Waals surface area contributed by atoms with Crippen molar-refractivity contribution < 1.29 is 9.30 Å². The van der Waals surface area contributed by atoms with Gasteiger partial charge < -0.3 is 19.1 Å². The predicted octanol–water partition coefficient (Wildman–Crippen LogP) is 10.4. The number of ether oxygens (including phenoxy) is 1. The highest BCUT2D eigenvalue weighted by Gasteiger charge is 2.40. The Balaban J connectivity index is 1.34. The molecule has 0 aromatic heterocycles. The molecule has 8 rings (SSSR count). The Kier molecular flexibility index (Phi) is 7.41. The van der Waals surface area contributed by atoms with Gasteiger partial charge in [0.25, 0.3) is 0 Å². The van der Waals surface area contributed by atoms with Gasteiger partial charge in [0.2, 0.25) is 0 Å². The molecule has 7 aromatic rings. The maximum Gasteiger partial charge on any atom is 0.178 e. The van der Waals surface area contributed by atoms with Gasteiger partial charge >= 0.3 is 0 Å². The Morgan fingerprint density at radius 2 is 0.681 bits per heavy atom. The second-order valence-electron chi connectivity index (χ2n) is 11.4. The molecule has 0 fully saturated rings. The van der Waals surface area contributed by atoms with Crippen molar-refractivity contribution in [3.8, 4) is 11.5 Å². The van der Waals surface area contributed by atoms with Crippen LogP contribution in [0.4, 0.5) is 34.1 Å². The summed E-state index contributed by atoms with van der Waals surface area (Å²) in [5.41, 5.74) is 5.83. The van der Waals surface area contributed by atoms with Crippen LogP contribution in [0.2, 0.25) is 0 Å². The van der Waals surface area contributed by atoms with E-state index < -0.39 is 7.14 Å². The summed E-state index contributed by atoms with van der Waals surface area (Å²) in [6, 6.07) is 62.9. The van der Waals surface area contributed by atoms with E-state index in [0.29, 0.717) is 22.1 Å². The maximum atomic E-state index is 16.1. The van der Waals surface area contributed by atoms with Crippen LogP contribution in [0, 0.1) is 0 Å². The molecular formula is C42H31N2O2P. The molecule has 0 saturated heterocycles. The van der Waals surface area contributed by atoms with Gasteiger partial charge in [-0.1, -0.05) is 103 Å². The lowest BCUT2D eigenvalue weighted by atomic mass is 10.1. The fraction of sp³-hybridized carbons (Fsp3) is 0. The summed E-state index contributed by atoms with van der Waals surface area (Å²) in [6.45, 7) is 0. The third-order valence-corrected chi connectivity index (χ3v) is 11.6. The smallest absolute Gasteiger partial charge is 0.178 e. The molecule has 1 aliphatic rings. The lowest BCUT2D eigenvalue weighted by Gasteiger charge is -2.33. The van der Waals surface area contributed by atoms with Gasteiger partial charge in [-0.3, -0.25) is 0 Å². The molecule has 0 aliphatic carbocycles. The van der Waals surface area contributed by atoms with E-state index in [2.05, 4.69) is 58.3 Å². The first-order chi connectivity index (χ1) is 23.2. The monoisotopic (exact) mass is 626 g/mol. The minimum atomic E-state index is -3.42. The van der Waals surface area contributed by atoms with Gasteiger partial charge in [0, 0.05) is 39.4 Å². The molecule has 0 saturated carbocycles. The van der Waals surface area contributed by atoms with Crippen LogP contribution in [0.25, 0.3) is 0 Å². The minimum absolute atomic E-state index is 0.602. The highest BCUT2D eigenvalue weighted by atomic mass is 31.2. The van der Waals surface area contributed by atoms with Crippen LogP contribution in [0.3, 0.4) is 0 Å². The Morgan fingerprint density at radius 1 is 0.362 bits per heavy atom. The van der Waals surface area contributed by atoms with Crippen LogP contribution in [-0.4, -0.2) is 0 Å². The van der Waals surface area contributed by atoms with Crippen molar-refractivity contribution in [3.05, 3.63) is 188 Å². The Morgan fingerprint density at radius 3 is 1.02 bits per heavy atom. The largest absolute Gasteiger partial charge is 0.456 e. The van der Waals surface area contributed by atoms with Crippen LogP contribution in [0.5, 0.6) is 11.5 Å². The van der Waals surface area contributed by atoms with E-state index in [-0.39, 0.29) is 0 Å². The number of fused-ring (bicyclic) bond motifs is 2. The molecule has 5 heteroatoms. The van der Waals surface area contributed by atoms with Crippen LogP contribution in [-0.2, 0) is 4.57 Å². The van der Waals surface area contributed by atoms with E-state index in [1.807, 2.05) is 140 Å². The average Bonchev–Trinajstić information content (AvgIpc) is 3.14. The summed E-state index contributed by atoms with van der Waals surface area (Å²) in [7, 11) is -3.42. The first kappa shape index (κ1) is 28.6. The van der Waals surface area contributed by atoms with E-state index in [1.165, 1.54) is 0 Å². The zero-order valence-electron chi connectivity index (χ0n) is 25.6. The number of nitrogens with zero attached hydrogens (tertiary/aromatic N) is 2. The van der Waals surface area contributed by atoms with Crippen molar-refractivity contribution in [2.75, 3.05) is 9.80 Å². The SMILES string of the molecule is O=P1(c2ccccc2)c2cc(N(c3ccccc3)c3ccccc3)ccc2Oc2ccc(N(c3ccccc3)c3ccccc3)cc21. The third kappa shape index (κ3) is 5.19. The average molecular weight is 627 g/mol. The summed E-state index contributed by atoms with van der Waals surface area (Å²) in [6.07, 6.45) is 0. The molecule has 0 unspecified atom stereocenters. The maximum absolute atomic E-state index is 16.1. The third-order valence-electron chi connectivity index (χ3n) is 8.48. The molecule has 0 radical (unpaired) electrons. The highest BCUT2D eigenvalue weighted by Crippen LogP contribution is 2.54. The number of hydrogen-bond donors (Lipinski definition) is 0. The molecule has 47 heavy (non-hydrogen) atoms. The normalized spacial score (nSPS) is 12.7. The molecule has 1 aliphatic heterocycles. The van der Waals surface area contributed by atoms with Crippen molar-refractivity contribution in [1.82, 2.24) is 0 Å². The molecule has 0 amide bonds. The Labute approximate surface area is 275 Å². The molecule has 0 bridgehead atoms. The molecule has 0 spiro atoms. The lowest BCUT2D eigenvalue weighted by Crippen LogP contribution is -2.31. The molecular weight excluding hydrogens is 595 g/mol. The highest BCUT2D eigenvalue weighted by molar-refractivity contribution is 7.85. The van der Waals surface area contributed by atoms with E-state index >= 15 is 4.57 Å². The zero-order chi connectivity index (χ0) is 31.6. The van der Waals surface area contributed by atoms with E-state index in [4.69, 9.17) is 4.74 Å². The van der Waals surface area contributed by atoms with E-state index in [9.17, 15) is 0 Å². The molecule has 1 heterocycles. The summed E-state index contributed by atoms with van der Waals surface area (Å²) in [5, 5.41) is 2.11. The first-order valence-electron chi connectivity index (χ1n) is 15.6. The lowest BCUT2D eigenvalue weighted by molar-refractivity contribution is 0.485. The van der Waals surface area contributed by atoms with Crippen LogP contribution >= 0.6 is 7.14 Å². The fourth-order valence-corrected chi connectivity index (χ4v) is 9.22. The second-order valence-corrected chi connectivity index (χ2v) is 14.1. The molecule has 4 nitrogen and oxygen atoms in total. The van der Waals surface area contributed by atoms with Crippen molar-refractivity contribution >= 4 is 57.2 Å². The summed E-state index contributed by atoms with van der Waals surface area (Å²) >= 11 is 0. The minimum Gasteiger partial charge on any atom is -0.456 e. The summed E-state index contributed by atoms with van der Waals surface area (Å²) in [5.74, 6) is 1.20. The fourth-order valence-electron chi connectivity index (χ4n) is 6.32. The number of benzene rings is 7. The number of para-hydroxylation sites is 4. The summed E-state index contributed by atoms with van der Waals surface area (Å²) in [4.78, 5) is 4.38. The topological polar surface area (TPSA) is 32.8 Å². The van der Waals surface area contributed by atoms with Crippen LogP contribution < -0.4 is 30.5 Å². The van der Waals surface area contributed by atoms with Gasteiger partial charge in [0.05, 0.1) is 10.6 Å². The van der Waals surface area contributed by atoms with Crippen molar-refractivity contribution in [1.29, 1.82) is 0 Å². The summed E-state index contributed by atoms with van der Waals surface area (Å²) < 4.78 is 22.6. The van der Waals surface area contributed by atoms with Crippen LogP contribution in [0.15, 0.2) is 188 Å². The van der Waals surface area contributed by atoms with E-state index in [1.54, 1.807) is 0 Å². The van der Waals surface area contributed by atoms with Crippen molar-refractivity contribution in [2.24, 2.45) is 0 Å². The van der Waals surface area contributed by atoms with Crippen molar-refractivity contribution in [3.63, 3.8) is 0 Å². The Hall–Kier alpha value is -5.83. The standard InChI is InChI=1S/C42H31N2O2P/c45-47(38-24-14-5-15-25-38)41-30-36(43(32-16-6-1-7-17-32)33-18-8-2-9-19-33)26-28-39(41)46-40-29-27-37(31-42(40)47)44(34-20-10-3-11-21-34)35-22-12-4-13-23-35/h1-31H.